The normalized spacial score (nSPS) is 10.2. The molecule has 0 bridgehead atoms. The summed E-state index contributed by atoms with van der Waals surface area (Å²) in [6.45, 7) is 2.04. The molecule has 0 atom stereocenters. The Balaban J connectivity index is 1.69. The van der Waals surface area contributed by atoms with E-state index in [0.717, 1.165) is 11.4 Å². The van der Waals surface area contributed by atoms with Crippen molar-refractivity contribution >= 4 is 23.0 Å². The molecule has 3 rings (SSSR count). The lowest BCUT2D eigenvalue weighted by Crippen LogP contribution is -2.14. The molecule has 1 amide bonds. The Morgan fingerprint density at radius 1 is 0.960 bits per heavy atom. The van der Waals surface area contributed by atoms with Crippen molar-refractivity contribution in [3.8, 4) is 5.75 Å². The van der Waals surface area contributed by atoms with Crippen LogP contribution in [-0.2, 0) is 0 Å². The van der Waals surface area contributed by atoms with Crippen molar-refractivity contribution in [2.45, 2.75) is 6.92 Å². The lowest BCUT2D eigenvalue weighted by Gasteiger charge is -2.10. The average molecular weight is 333 g/mol. The average Bonchev–Trinajstić information content (AvgIpc) is 2.64. The van der Waals surface area contributed by atoms with Crippen molar-refractivity contribution in [1.82, 2.24) is 4.98 Å². The van der Waals surface area contributed by atoms with E-state index in [-0.39, 0.29) is 5.91 Å². The number of anilines is 3. The predicted octanol–water partition coefficient (Wildman–Crippen LogP) is 4.39. The Morgan fingerprint density at radius 3 is 2.36 bits per heavy atom. The van der Waals surface area contributed by atoms with Crippen LogP contribution in [0.5, 0.6) is 5.75 Å². The maximum Gasteiger partial charge on any atom is 0.274 e. The number of rotatable bonds is 5. The Bertz CT molecular complexity index is 859. The van der Waals surface area contributed by atoms with Gasteiger partial charge < -0.3 is 15.4 Å². The molecule has 5 nitrogen and oxygen atoms in total. The van der Waals surface area contributed by atoms with Crippen LogP contribution in [0, 0.1) is 6.92 Å². The van der Waals surface area contributed by atoms with Gasteiger partial charge in [-0.2, -0.15) is 0 Å². The minimum Gasteiger partial charge on any atom is -0.495 e. The number of pyridine rings is 1. The summed E-state index contributed by atoms with van der Waals surface area (Å²) in [7, 11) is 1.56. The summed E-state index contributed by atoms with van der Waals surface area (Å²) < 4.78 is 5.23. The molecule has 0 aliphatic rings. The molecule has 1 aromatic heterocycles. The first-order valence-corrected chi connectivity index (χ1v) is 7.90. The number of benzene rings is 2. The molecule has 5 heteroatoms. The monoisotopic (exact) mass is 333 g/mol. The molecule has 0 saturated heterocycles. The quantitative estimate of drug-likeness (QED) is 0.727. The second kappa shape index (κ2) is 7.49. The van der Waals surface area contributed by atoms with E-state index in [4.69, 9.17) is 4.74 Å². The van der Waals surface area contributed by atoms with Crippen LogP contribution in [0.3, 0.4) is 0 Å². The molecule has 0 radical (unpaired) electrons. The van der Waals surface area contributed by atoms with Gasteiger partial charge in [-0.3, -0.25) is 4.79 Å². The summed E-state index contributed by atoms with van der Waals surface area (Å²) in [4.78, 5) is 16.6. The largest absolute Gasteiger partial charge is 0.495 e. The van der Waals surface area contributed by atoms with Gasteiger partial charge in [-0.1, -0.05) is 29.8 Å². The zero-order valence-electron chi connectivity index (χ0n) is 14.1. The highest BCUT2D eigenvalue weighted by atomic mass is 16.5. The van der Waals surface area contributed by atoms with Crippen molar-refractivity contribution in [3.05, 3.63) is 78.1 Å². The van der Waals surface area contributed by atoms with E-state index in [1.54, 1.807) is 31.5 Å². The topological polar surface area (TPSA) is 63.2 Å². The number of ether oxygens (including phenoxy) is 1. The van der Waals surface area contributed by atoms with Gasteiger partial charge in [0.25, 0.3) is 5.91 Å². The van der Waals surface area contributed by atoms with Crippen LogP contribution < -0.4 is 15.4 Å². The second-order valence-electron chi connectivity index (χ2n) is 5.58. The highest BCUT2D eigenvalue weighted by molar-refractivity contribution is 6.03. The molecular weight excluding hydrogens is 314 g/mol. The summed E-state index contributed by atoms with van der Waals surface area (Å²) in [6.07, 6.45) is 1.64. The van der Waals surface area contributed by atoms with Crippen molar-refractivity contribution < 1.29 is 9.53 Å². The Morgan fingerprint density at radius 2 is 1.68 bits per heavy atom. The molecule has 0 saturated carbocycles. The molecule has 0 unspecified atom stereocenters. The summed E-state index contributed by atoms with van der Waals surface area (Å²) in [5, 5.41) is 6.06. The number of carbonyl (C=O) groups excluding carboxylic acids is 1. The number of hydrogen-bond acceptors (Lipinski definition) is 4. The van der Waals surface area contributed by atoms with Gasteiger partial charge in [-0.25, -0.2) is 4.98 Å². The molecule has 0 spiro atoms. The molecule has 0 fully saturated rings. The first kappa shape index (κ1) is 16.5. The second-order valence-corrected chi connectivity index (χ2v) is 5.58. The maximum absolute atomic E-state index is 12.3. The van der Waals surface area contributed by atoms with Gasteiger partial charge in [0.15, 0.2) is 0 Å². The number of nitrogens with one attached hydrogen (secondary N) is 2. The molecule has 2 aromatic carbocycles. The maximum atomic E-state index is 12.3. The third kappa shape index (κ3) is 4.14. The Hall–Kier alpha value is -3.34. The van der Waals surface area contributed by atoms with E-state index in [9.17, 15) is 4.79 Å². The molecule has 0 aliphatic heterocycles. The van der Waals surface area contributed by atoms with Gasteiger partial charge in [0.1, 0.15) is 11.4 Å². The Labute approximate surface area is 146 Å². The van der Waals surface area contributed by atoms with Crippen LogP contribution in [0.15, 0.2) is 66.9 Å². The molecule has 1 heterocycles. The third-order valence-corrected chi connectivity index (χ3v) is 3.69. The number of nitrogens with zero attached hydrogens (tertiary/aromatic N) is 1. The minimum absolute atomic E-state index is 0.286. The summed E-state index contributed by atoms with van der Waals surface area (Å²) >= 11 is 0. The number of hydrogen-bond donors (Lipinski definition) is 2. The smallest absolute Gasteiger partial charge is 0.274 e. The van der Waals surface area contributed by atoms with E-state index in [0.29, 0.717) is 17.1 Å². The van der Waals surface area contributed by atoms with Crippen LogP contribution in [0.4, 0.5) is 17.1 Å². The van der Waals surface area contributed by atoms with E-state index in [1.165, 1.54) is 5.56 Å². The zero-order valence-corrected chi connectivity index (χ0v) is 14.1. The van der Waals surface area contributed by atoms with Crippen LogP contribution in [0.1, 0.15) is 16.1 Å². The number of amides is 1. The van der Waals surface area contributed by atoms with E-state index in [1.807, 2.05) is 49.4 Å². The number of para-hydroxylation sites is 2. The number of aryl methyl sites for hydroxylation is 1. The van der Waals surface area contributed by atoms with Gasteiger partial charge in [-0.05, 0) is 43.3 Å². The fraction of sp³-hybridized carbons (Fsp3) is 0.100. The van der Waals surface area contributed by atoms with Crippen LogP contribution in [-0.4, -0.2) is 18.0 Å². The summed E-state index contributed by atoms with van der Waals surface area (Å²) in [6, 6.07) is 18.8. The SMILES string of the molecule is COc1ccccc1NC(=O)c1ccc(Nc2ccc(C)cc2)cn1. The molecule has 0 aliphatic carbocycles. The van der Waals surface area contributed by atoms with Gasteiger partial charge in [0, 0.05) is 5.69 Å². The standard InChI is InChI=1S/C20H19N3O2/c1-14-7-9-15(10-8-14)22-16-11-12-18(21-13-16)20(24)23-17-5-3-4-6-19(17)25-2/h3-13,22H,1-2H3,(H,23,24). The highest BCUT2D eigenvalue weighted by Gasteiger charge is 2.10. The van der Waals surface area contributed by atoms with Gasteiger partial charge in [-0.15, -0.1) is 0 Å². The first-order chi connectivity index (χ1) is 12.2. The molecule has 126 valence electrons. The number of carbonyl (C=O) groups is 1. The third-order valence-electron chi connectivity index (χ3n) is 3.69. The molecular formula is C20H19N3O2. The van der Waals surface area contributed by atoms with E-state index in [2.05, 4.69) is 15.6 Å². The molecule has 25 heavy (non-hydrogen) atoms. The van der Waals surface area contributed by atoms with E-state index < -0.39 is 0 Å². The summed E-state index contributed by atoms with van der Waals surface area (Å²) in [5.74, 6) is 0.319. The van der Waals surface area contributed by atoms with E-state index >= 15 is 0 Å². The Kier molecular flexibility index (Phi) is 4.95. The van der Waals surface area contributed by atoms with Crippen LogP contribution in [0.25, 0.3) is 0 Å². The fourth-order valence-electron chi connectivity index (χ4n) is 2.34. The lowest BCUT2D eigenvalue weighted by atomic mass is 10.2. The van der Waals surface area contributed by atoms with Gasteiger partial charge >= 0.3 is 0 Å². The van der Waals surface area contributed by atoms with Crippen molar-refractivity contribution in [1.29, 1.82) is 0 Å². The predicted molar refractivity (Wildman–Crippen MR) is 99.6 cm³/mol. The first-order valence-electron chi connectivity index (χ1n) is 7.90. The zero-order chi connectivity index (χ0) is 17.6. The number of methoxy groups -OCH3 is 1. The molecule has 2 N–H and O–H groups in total. The van der Waals surface area contributed by atoms with Crippen molar-refractivity contribution in [2.24, 2.45) is 0 Å². The van der Waals surface area contributed by atoms with Crippen LogP contribution in [0.2, 0.25) is 0 Å². The van der Waals surface area contributed by atoms with Crippen LogP contribution >= 0.6 is 0 Å². The van der Waals surface area contributed by atoms with Gasteiger partial charge in [0.2, 0.25) is 0 Å². The highest BCUT2D eigenvalue weighted by Crippen LogP contribution is 2.23. The summed E-state index contributed by atoms with van der Waals surface area (Å²) in [5.41, 5.74) is 3.93. The number of aromatic nitrogens is 1. The molecule has 3 aromatic rings. The van der Waals surface area contributed by atoms with Crippen molar-refractivity contribution in [2.75, 3.05) is 17.7 Å². The van der Waals surface area contributed by atoms with Crippen molar-refractivity contribution in [3.63, 3.8) is 0 Å². The lowest BCUT2D eigenvalue weighted by molar-refractivity contribution is 0.102. The minimum atomic E-state index is -0.286. The van der Waals surface area contributed by atoms with Gasteiger partial charge in [0.05, 0.1) is 24.7 Å². The fourth-order valence-corrected chi connectivity index (χ4v) is 2.34.